The van der Waals surface area contributed by atoms with Gasteiger partial charge < -0.3 is 21.3 Å². The Labute approximate surface area is 820 Å². The first-order chi connectivity index (χ1) is 69.1. The molecule has 5 aliphatic carbocycles. The van der Waals surface area contributed by atoms with Gasteiger partial charge in [0, 0.05) is 87.6 Å². The molecule has 0 radical (unpaired) electrons. The predicted molar refractivity (Wildman–Crippen MR) is 546 cm³/mol. The quantitative estimate of drug-likeness (QED) is 0.0585. The summed E-state index contributed by atoms with van der Waals surface area (Å²) in [4.78, 5) is 98.7. The van der Waals surface area contributed by atoms with Crippen molar-refractivity contribution in [2.45, 2.75) is 204 Å². The largest absolute Gasteiger partial charge is 0.416 e. The number of alkyl halides is 3. The van der Waals surface area contributed by atoms with Crippen LogP contribution in [0.2, 0.25) is 0 Å². The van der Waals surface area contributed by atoms with Crippen LogP contribution in [0.1, 0.15) is 178 Å². The van der Waals surface area contributed by atoms with Gasteiger partial charge in [0.25, 0.3) is 23.6 Å². The van der Waals surface area contributed by atoms with Crippen LogP contribution in [0.15, 0.2) is 251 Å². The highest BCUT2D eigenvalue weighted by atomic mass is 19.4. The predicted octanol–water partition coefficient (Wildman–Crippen LogP) is 19.5. The van der Waals surface area contributed by atoms with Crippen LogP contribution in [0.4, 0.5) is 82.5 Å². The average molecular weight is 1910 g/mol. The van der Waals surface area contributed by atoms with Gasteiger partial charge in [0.2, 0.25) is 23.8 Å². The maximum Gasteiger partial charge on any atom is 0.416 e. The number of rotatable bonds is 19. The Kier molecular flexibility index (Phi) is 23.7. The molecule has 5 fully saturated rings. The van der Waals surface area contributed by atoms with Crippen LogP contribution in [0.25, 0.3) is 22.5 Å². The molecule has 0 unspecified atom stereocenters. The summed E-state index contributed by atoms with van der Waals surface area (Å²) in [5, 5.41) is 33.6. The lowest BCUT2D eigenvalue weighted by Crippen LogP contribution is -2.52. The number of halogens is 3. The van der Waals surface area contributed by atoms with E-state index in [1.165, 1.54) is 44.2 Å². The number of aliphatic imine (C=N–C) groups is 4. The zero-order chi connectivity index (χ0) is 96.9. The van der Waals surface area contributed by atoms with Crippen LogP contribution in [0.5, 0.6) is 0 Å². The number of amides is 4. The summed E-state index contributed by atoms with van der Waals surface area (Å²) in [7, 11) is 7.22. The SMILES string of the molecule is CN1C(=O)c2c(Nc3ccccc3)nn(CCc3ccc(C(F)(F)F)cc3)c2N2C1=N[C@@H]1CCC[C@@H]12.CN1C(=O)c2c(nn(CC3CCCC3)c2Nc2ccccc2)N2C1=N[C@@H]1CCC[C@@H]12.Cc1ccc(-c2ccc(Cn3nc(Nc4ccccc4)c4c3N3C(=N[C@@H]5CCC[C@@H]53)N(C)C4=O)cc2)nc1.Cc1ccc(-c2ccc(Cn3nc4c(c3Nc3ccccc3)C(=O)N(C)C3=N[C@@H]5CCC[C@@H]5N34)cc2)nc1. The minimum Gasteiger partial charge on any atom is -0.340 e. The maximum atomic E-state index is 13.7. The lowest BCUT2D eigenvalue weighted by atomic mass is 10.1. The molecule has 13 aliphatic rings. The van der Waals surface area contributed by atoms with Crippen LogP contribution in [-0.4, -0.2) is 193 Å². The Balaban J connectivity index is 0.000000106. The lowest BCUT2D eigenvalue weighted by molar-refractivity contribution is -0.137. The summed E-state index contributed by atoms with van der Waals surface area (Å²) in [6, 6.07) is 71.6. The minimum absolute atomic E-state index is 0.0175. The van der Waals surface area contributed by atoms with Crippen molar-refractivity contribution in [2.24, 2.45) is 25.9 Å². The summed E-state index contributed by atoms with van der Waals surface area (Å²) in [5.74, 6) is 8.75. The van der Waals surface area contributed by atoms with Gasteiger partial charge in [-0.1, -0.05) is 158 Å². The van der Waals surface area contributed by atoms with E-state index in [1.807, 2.05) is 190 Å². The van der Waals surface area contributed by atoms with Gasteiger partial charge in [-0.25, -0.2) is 38.7 Å². The highest BCUT2D eigenvalue weighted by Gasteiger charge is 2.55. The zero-order valence-electron chi connectivity index (χ0n) is 80.1. The number of hydrogen-bond acceptors (Lipinski definition) is 22. The molecule has 8 atom stereocenters. The van der Waals surface area contributed by atoms with E-state index in [2.05, 4.69) is 116 Å². The van der Waals surface area contributed by atoms with Gasteiger partial charge in [-0.2, -0.15) is 33.6 Å². The van der Waals surface area contributed by atoms with Crippen molar-refractivity contribution in [3.8, 4) is 22.5 Å². The standard InChI is InChI=1S/2C30H29N7O.C26H25F3N6O.C23H28N6O/c1-19-11-16-23(31-17-19)21-14-12-20(13-15-21)18-36-27(32-22-7-4-3-5-8-22)26-28(34-36)37-25-10-6-9-24(25)33-30(37)35(2)29(26)38;1-19-11-16-23(31-17-19)21-14-12-20(13-15-21)18-36-28-26(27(34-36)32-22-7-4-3-5-8-22)29(38)35(2)30-33-24-9-6-10-25(24)37(28)30;1-33-24(36)21-22(30-18-6-3-2-4-7-18)32-34(15-14-16-10-12-17(13-11-16)26(27,28)29)23(21)35-20-9-5-8-19(20)31-25(33)35;1-27-22(30)19-20(24-16-10-3-2-4-11-16)28(14-15-8-5-6-9-15)26-21(19)29-18-13-7-12-17(18)25-23(27)29/h3-5,7-8,11-17,24-25,32H,6,9-10,18H2,1-2H3;3-5,7-8,11-17,24-25H,6,9-10,18H2,1-2H3,(H,32,34);2-4,6-7,10-13,19-20H,5,8-9,14-15H2,1H3,(H,30,32);2-4,10-11,15,17-18,24H,5-9,12-14H2,1H3/t2*24-,25+;19-,20+;17-,18+/m1111/s1. The van der Waals surface area contributed by atoms with Gasteiger partial charge in [0.15, 0.2) is 23.3 Å². The Bertz CT molecular complexity index is 7090. The van der Waals surface area contributed by atoms with E-state index in [1.54, 1.807) is 31.3 Å². The number of anilines is 12. The van der Waals surface area contributed by atoms with Gasteiger partial charge in [-0.15, -0.1) is 0 Å². The summed E-state index contributed by atoms with van der Waals surface area (Å²) in [6.07, 6.45) is 17.9. The van der Waals surface area contributed by atoms with Crippen LogP contribution in [0.3, 0.4) is 0 Å². The molecule has 30 nitrogen and oxygen atoms in total. The van der Waals surface area contributed by atoms with Crippen molar-refractivity contribution in [1.29, 1.82) is 0 Å². The van der Waals surface area contributed by atoms with E-state index >= 15 is 0 Å². The molecule has 26 rings (SSSR count). The number of benzene rings is 7. The third kappa shape index (κ3) is 16.7. The van der Waals surface area contributed by atoms with Crippen molar-refractivity contribution >= 4 is 117 Å². The second-order valence-corrected chi connectivity index (χ2v) is 39.2. The van der Waals surface area contributed by atoms with Gasteiger partial charge in [-0.3, -0.25) is 68.3 Å². The Hall–Kier alpha value is -15.6. The number of hydrogen-bond donors (Lipinski definition) is 4. The number of carbonyl (C=O) groups excluding carboxylic acids is 4. The summed E-state index contributed by atoms with van der Waals surface area (Å²) < 4.78 is 46.7. The molecule has 4 amide bonds. The molecule has 0 spiro atoms. The average Bonchev–Trinajstić information content (AvgIpc) is 1.59. The minimum atomic E-state index is -4.37. The van der Waals surface area contributed by atoms with Gasteiger partial charge in [0.05, 0.1) is 78.4 Å². The fourth-order valence-electron chi connectivity index (χ4n) is 22.7. The van der Waals surface area contributed by atoms with E-state index in [0.29, 0.717) is 95.3 Å². The highest BCUT2D eigenvalue weighted by molar-refractivity contribution is 6.24. The number of aryl methyl sites for hydroxylation is 4. The molecule has 33 heteroatoms. The molecule has 14 heterocycles. The summed E-state index contributed by atoms with van der Waals surface area (Å²) in [5.41, 5.74) is 14.6. The van der Waals surface area contributed by atoms with Gasteiger partial charge in [0.1, 0.15) is 45.5 Å². The number of nitrogens with zero attached hydrogens (tertiary/aromatic N) is 22. The van der Waals surface area contributed by atoms with Crippen molar-refractivity contribution in [1.82, 2.24) is 68.7 Å². The normalized spacial score (nSPS) is 21.2. The number of para-hydroxylation sites is 4. The van der Waals surface area contributed by atoms with E-state index in [-0.39, 0.29) is 65.9 Å². The molecule has 5 saturated carbocycles. The lowest BCUT2D eigenvalue weighted by Gasteiger charge is -2.35. The van der Waals surface area contributed by atoms with Crippen LogP contribution in [0, 0.1) is 19.8 Å². The van der Waals surface area contributed by atoms with Crippen LogP contribution in [-0.2, 0) is 38.8 Å². The zero-order valence-corrected chi connectivity index (χ0v) is 80.1. The fraction of sp³-hybridized carbons (Fsp3) is 0.339. The van der Waals surface area contributed by atoms with Crippen molar-refractivity contribution in [3.63, 3.8) is 0 Å². The van der Waals surface area contributed by atoms with E-state index in [9.17, 15) is 32.3 Å². The van der Waals surface area contributed by atoms with Crippen molar-refractivity contribution in [2.75, 3.05) is 69.1 Å². The molecule has 7 aromatic carbocycles. The first kappa shape index (κ1) is 90.3. The van der Waals surface area contributed by atoms with E-state index in [4.69, 9.17) is 40.4 Å². The second kappa shape index (κ2) is 37.2. The maximum absolute atomic E-state index is 13.7. The number of carbonyl (C=O) groups is 4. The fourth-order valence-corrected chi connectivity index (χ4v) is 22.7. The first-order valence-corrected chi connectivity index (χ1v) is 49.7. The first-order valence-electron chi connectivity index (χ1n) is 49.7. The molecule has 13 aromatic rings. The number of fused-ring (bicyclic) bond motifs is 20. The van der Waals surface area contributed by atoms with E-state index < -0.39 is 11.7 Å². The third-order valence-electron chi connectivity index (χ3n) is 29.9. The Morgan fingerprint density at radius 1 is 0.345 bits per heavy atom. The molecular weight excluding hydrogens is 1790 g/mol. The molecule has 0 bridgehead atoms. The molecule has 4 N–H and O–H groups in total. The Morgan fingerprint density at radius 3 is 1.10 bits per heavy atom. The van der Waals surface area contributed by atoms with Gasteiger partial charge >= 0.3 is 6.18 Å². The molecule has 722 valence electrons. The molecule has 8 aliphatic heterocycles. The summed E-state index contributed by atoms with van der Waals surface area (Å²) >= 11 is 0. The number of nitrogens with one attached hydrogen (secondary N) is 4. The number of aromatic nitrogens is 10. The molecule has 142 heavy (non-hydrogen) atoms. The number of pyridine rings is 2. The van der Waals surface area contributed by atoms with Crippen LogP contribution >= 0.6 is 0 Å². The topological polar surface area (TPSA) is 289 Å². The molecular formula is C109H111F3N26O4. The van der Waals surface area contributed by atoms with Gasteiger partial charge in [-0.05, 0) is 217 Å². The highest BCUT2D eigenvalue weighted by Crippen LogP contribution is 2.50. The smallest absolute Gasteiger partial charge is 0.340 e. The third-order valence-corrected chi connectivity index (χ3v) is 29.9. The molecule has 6 aromatic heterocycles. The van der Waals surface area contributed by atoms with E-state index in [0.717, 1.165) is 198 Å². The summed E-state index contributed by atoms with van der Waals surface area (Å²) in [6.45, 7) is 6.40. The molecule has 0 saturated heterocycles. The van der Waals surface area contributed by atoms with Crippen LogP contribution < -0.4 is 40.9 Å². The van der Waals surface area contributed by atoms with Crippen molar-refractivity contribution in [3.05, 3.63) is 286 Å². The monoisotopic (exact) mass is 1900 g/mol. The number of guanidine groups is 4. The Morgan fingerprint density at radius 2 is 0.697 bits per heavy atom. The van der Waals surface area contributed by atoms with Crippen molar-refractivity contribution < 1.29 is 32.3 Å². The second-order valence-electron chi connectivity index (χ2n) is 39.2.